The smallest absolute Gasteiger partial charge is 0.164 e. The van der Waals surface area contributed by atoms with Crippen molar-refractivity contribution in [3.8, 4) is 17.2 Å². The molecule has 7 heteroatoms. The molecule has 0 bridgehead atoms. The summed E-state index contributed by atoms with van der Waals surface area (Å²) in [4.78, 5) is 10.9. The fourth-order valence-electron chi connectivity index (χ4n) is 4.71. The van der Waals surface area contributed by atoms with Gasteiger partial charge in [-0.05, 0) is 11.6 Å². The zero-order chi connectivity index (χ0) is 22.6. The Hall–Kier alpha value is -3.03. The number of piperazine rings is 1. The van der Waals surface area contributed by atoms with E-state index in [-0.39, 0.29) is 12.0 Å². The average molecular weight is 450 g/mol. The van der Waals surface area contributed by atoms with Crippen LogP contribution < -0.4 is 14.2 Å². The van der Waals surface area contributed by atoms with Crippen molar-refractivity contribution in [2.75, 3.05) is 60.1 Å². The molecule has 3 heterocycles. The molecule has 2 unspecified atom stereocenters. The van der Waals surface area contributed by atoms with Crippen LogP contribution in [0.4, 0.5) is 0 Å². The fraction of sp³-hybridized carbons (Fsp3) is 0.423. The Morgan fingerprint density at radius 3 is 2.48 bits per heavy atom. The number of hydrogen-bond donors (Lipinski definition) is 0. The topological polar surface area (TPSA) is 55.8 Å². The summed E-state index contributed by atoms with van der Waals surface area (Å²) in [6.07, 6.45) is 4.46. The third-order valence-electron chi connectivity index (χ3n) is 6.64. The van der Waals surface area contributed by atoms with Crippen LogP contribution in [0, 0.1) is 5.92 Å². The lowest BCUT2D eigenvalue weighted by atomic mass is 9.90. The lowest BCUT2D eigenvalue weighted by Gasteiger charge is -2.36. The van der Waals surface area contributed by atoms with Gasteiger partial charge in [0, 0.05) is 50.9 Å². The zero-order valence-corrected chi connectivity index (χ0v) is 19.3. The van der Waals surface area contributed by atoms with Crippen LogP contribution in [0.25, 0.3) is 6.08 Å². The highest BCUT2D eigenvalue weighted by Gasteiger charge is 2.41. The van der Waals surface area contributed by atoms with Gasteiger partial charge in [0.15, 0.2) is 17.6 Å². The molecule has 174 valence electrons. The maximum atomic E-state index is 6.07. The average Bonchev–Trinajstić information content (AvgIpc) is 3.28. The number of oxime groups is 1. The lowest BCUT2D eigenvalue weighted by molar-refractivity contribution is 0.0103. The van der Waals surface area contributed by atoms with Gasteiger partial charge in [0.1, 0.15) is 18.1 Å². The van der Waals surface area contributed by atoms with E-state index in [2.05, 4.69) is 51.4 Å². The SMILES string of the molecule is COc1cc2c(cc1OC)C1=NOC(CN3CCN(C/C=C\c4ccccc4)CC3)C1CO2. The Bertz CT molecular complexity index is 1020. The number of ether oxygens (including phenoxy) is 3. The van der Waals surface area contributed by atoms with Gasteiger partial charge in [0.05, 0.1) is 20.1 Å². The molecule has 0 saturated carbocycles. The van der Waals surface area contributed by atoms with Crippen LogP contribution in [0.5, 0.6) is 17.2 Å². The minimum absolute atomic E-state index is 0.00535. The first-order chi connectivity index (χ1) is 16.2. The molecule has 0 aromatic heterocycles. The second-order valence-corrected chi connectivity index (χ2v) is 8.66. The second-order valence-electron chi connectivity index (χ2n) is 8.66. The Morgan fingerprint density at radius 2 is 1.73 bits per heavy atom. The Kier molecular flexibility index (Phi) is 6.51. The van der Waals surface area contributed by atoms with Gasteiger partial charge in [-0.3, -0.25) is 9.80 Å². The Balaban J connectivity index is 1.14. The van der Waals surface area contributed by atoms with Gasteiger partial charge in [-0.25, -0.2) is 0 Å². The summed E-state index contributed by atoms with van der Waals surface area (Å²) in [5.41, 5.74) is 3.13. The van der Waals surface area contributed by atoms with Gasteiger partial charge < -0.3 is 19.0 Å². The molecule has 0 amide bonds. The number of methoxy groups -OCH3 is 2. The molecule has 5 rings (SSSR count). The predicted molar refractivity (Wildman–Crippen MR) is 128 cm³/mol. The highest BCUT2D eigenvalue weighted by molar-refractivity contribution is 6.06. The molecule has 3 aliphatic heterocycles. The van der Waals surface area contributed by atoms with Gasteiger partial charge >= 0.3 is 0 Å². The van der Waals surface area contributed by atoms with Crippen molar-refractivity contribution >= 4 is 11.8 Å². The van der Waals surface area contributed by atoms with Crippen LogP contribution in [-0.4, -0.2) is 81.7 Å². The molecule has 0 radical (unpaired) electrons. The lowest BCUT2D eigenvalue weighted by Crippen LogP contribution is -2.50. The summed E-state index contributed by atoms with van der Waals surface area (Å²) in [6.45, 7) is 6.58. The number of nitrogens with zero attached hydrogens (tertiary/aromatic N) is 3. The normalized spacial score (nSPS) is 22.8. The molecule has 2 aromatic rings. The summed E-state index contributed by atoms with van der Waals surface area (Å²) in [7, 11) is 3.26. The van der Waals surface area contributed by atoms with Crippen LogP contribution >= 0.6 is 0 Å². The molecule has 1 saturated heterocycles. The van der Waals surface area contributed by atoms with Crippen molar-refractivity contribution in [3.05, 3.63) is 59.7 Å². The Morgan fingerprint density at radius 1 is 1.00 bits per heavy atom. The fourth-order valence-corrected chi connectivity index (χ4v) is 4.71. The van der Waals surface area contributed by atoms with E-state index >= 15 is 0 Å². The van der Waals surface area contributed by atoms with E-state index in [1.807, 2.05) is 18.2 Å². The van der Waals surface area contributed by atoms with Crippen molar-refractivity contribution in [1.82, 2.24) is 9.80 Å². The van der Waals surface area contributed by atoms with E-state index in [1.165, 1.54) is 5.56 Å². The number of rotatable bonds is 7. The van der Waals surface area contributed by atoms with Crippen LogP contribution in [0.1, 0.15) is 11.1 Å². The van der Waals surface area contributed by atoms with Gasteiger partial charge in [0.2, 0.25) is 0 Å². The molecule has 1 fully saturated rings. The summed E-state index contributed by atoms with van der Waals surface area (Å²) in [5, 5.41) is 4.46. The summed E-state index contributed by atoms with van der Waals surface area (Å²) in [5.74, 6) is 2.22. The number of fused-ring (bicyclic) bond motifs is 3. The summed E-state index contributed by atoms with van der Waals surface area (Å²) in [6, 6.07) is 14.3. The van der Waals surface area contributed by atoms with E-state index in [9.17, 15) is 0 Å². The molecule has 0 aliphatic carbocycles. The van der Waals surface area contributed by atoms with Crippen molar-refractivity contribution < 1.29 is 19.0 Å². The Labute approximate surface area is 195 Å². The van der Waals surface area contributed by atoms with Crippen molar-refractivity contribution in [2.24, 2.45) is 11.1 Å². The third-order valence-corrected chi connectivity index (χ3v) is 6.64. The molecular formula is C26H31N3O4. The molecule has 0 N–H and O–H groups in total. The van der Waals surface area contributed by atoms with Gasteiger partial charge in [-0.15, -0.1) is 0 Å². The van der Waals surface area contributed by atoms with E-state index < -0.39 is 0 Å². The highest BCUT2D eigenvalue weighted by Crippen LogP contribution is 2.40. The van der Waals surface area contributed by atoms with E-state index in [0.29, 0.717) is 18.1 Å². The minimum atomic E-state index is 0.00535. The largest absolute Gasteiger partial charge is 0.493 e. The summed E-state index contributed by atoms with van der Waals surface area (Å²) < 4.78 is 16.9. The number of benzene rings is 2. The second kappa shape index (κ2) is 9.85. The van der Waals surface area contributed by atoms with E-state index in [4.69, 9.17) is 19.0 Å². The standard InChI is InChI=1S/C26H31N3O4/c1-30-23-15-20-22(16-24(23)31-2)32-18-21-25(33-27-26(20)21)17-29-13-11-28(12-14-29)10-6-9-19-7-4-3-5-8-19/h3-9,15-16,21,25H,10-14,17-18H2,1-2H3/b9-6-. The molecule has 7 nitrogen and oxygen atoms in total. The maximum absolute atomic E-state index is 6.07. The molecule has 33 heavy (non-hydrogen) atoms. The highest BCUT2D eigenvalue weighted by atomic mass is 16.6. The van der Waals surface area contributed by atoms with Crippen molar-refractivity contribution in [3.63, 3.8) is 0 Å². The van der Waals surface area contributed by atoms with Crippen LogP contribution in [0.2, 0.25) is 0 Å². The minimum Gasteiger partial charge on any atom is -0.493 e. The summed E-state index contributed by atoms with van der Waals surface area (Å²) >= 11 is 0. The number of hydrogen-bond acceptors (Lipinski definition) is 7. The van der Waals surface area contributed by atoms with Crippen LogP contribution in [0.15, 0.2) is 53.7 Å². The van der Waals surface area contributed by atoms with Crippen LogP contribution in [-0.2, 0) is 4.84 Å². The molecule has 0 spiro atoms. The van der Waals surface area contributed by atoms with Crippen molar-refractivity contribution in [1.29, 1.82) is 0 Å². The van der Waals surface area contributed by atoms with Crippen LogP contribution in [0.3, 0.4) is 0 Å². The maximum Gasteiger partial charge on any atom is 0.164 e. The monoisotopic (exact) mass is 449 g/mol. The van der Waals surface area contributed by atoms with Gasteiger partial charge in [0.25, 0.3) is 0 Å². The first-order valence-corrected chi connectivity index (χ1v) is 11.5. The van der Waals surface area contributed by atoms with E-state index in [1.54, 1.807) is 14.2 Å². The van der Waals surface area contributed by atoms with Gasteiger partial charge in [-0.1, -0.05) is 47.6 Å². The van der Waals surface area contributed by atoms with Gasteiger partial charge in [-0.2, -0.15) is 0 Å². The quantitative estimate of drug-likeness (QED) is 0.647. The first kappa shape index (κ1) is 21.8. The molecule has 2 atom stereocenters. The zero-order valence-electron chi connectivity index (χ0n) is 19.3. The molecule has 3 aliphatic rings. The third kappa shape index (κ3) is 4.70. The van der Waals surface area contributed by atoms with Crippen molar-refractivity contribution in [2.45, 2.75) is 6.10 Å². The first-order valence-electron chi connectivity index (χ1n) is 11.5. The predicted octanol–water partition coefficient (Wildman–Crippen LogP) is 3.15. The molecular weight excluding hydrogens is 418 g/mol. The van der Waals surface area contributed by atoms with E-state index in [0.717, 1.165) is 56.3 Å². The molecule has 2 aromatic carbocycles.